The molecule has 0 radical (unpaired) electrons. The van der Waals surface area contributed by atoms with Crippen molar-refractivity contribution in [2.24, 2.45) is 5.92 Å². The molecule has 0 aromatic heterocycles. The lowest BCUT2D eigenvalue weighted by molar-refractivity contribution is 0.175. The number of anilines is 1. The Morgan fingerprint density at radius 2 is 2.19 bits per heavy atom. The fraction of sp³-hybridized carbons (Fsp3) is 0.562. The van der Waals surface area contributed by atoms with Crippen LogP contribution in [0.1, 0.15) is 26.7 Å². The molecular formula is C16H24FN3O. The number of amides is 2. The van der Waals surface area contributed by atoms with Crippen LogP contribution in [0.2, 0.25) is 0 Å². The highest BCUT2D eigenvalue weighted by Crippen LogP contribution is 2.18. The number of urea groups is 1. The molecule has 1 aromatic carbocycles. The summed E-state index contributed by atoms with van der Waals surface area (Å²) in [7, 11) is 0. The van der Waals surface area contributed by atoms with E-state index < -0.39 is 5.82 Å². The van der Waals surface area contributed by atoms with Gasteiger partial charge in [-0.25, -0.2) is 9.18 Å². The highest BCUT2D eigenvalue weighted by atomic mass is 19.1. The van der Waals surface area contributed by atoms with Crippen molar-refractivity contribution in [1.82, 2.24) is 10.2 Å². The monoisotopic (exact) mass is 293 g/mol. The molecule has 1 aliphatic rings. The number of nitrogens with one attached hydrogen (secondary N) is 2. The van der Waals surface area contributed by atoms with Crippen LogP contribution >= 0.6 is 0 Å². The van der Waals surface area contributed by atoms with Crippen molar-refractivity contribution < 1.29 is 9.18 Å². The van der Waals surface area contributed by atoms with Crippen LogP contribution in [0.25, 0.3) is 0 Å². The van der Waals surface area contributed by atoms with E-state index in [1.54, 1.807) is 23.1 Å². The average Bonchev–Trinajstić information content (AvgIpc) is 2.48. The number of carbonyl (C=O) groups is 1. The van der Waals surface area contributed by atoms with Crippen molar-refractivity contribution in [2.45, 2.75) is 32.7 Å². The van der Waals surface area contributed by atoms with Gasteiger partial charge in [-0.2, -0.15) is 0 Å². The Bertz CT molecular complexity index is 478. The molecule has 1 heterocycles. The summed E-state index contributed by atoms with van der Waals surface area (Å²) in [5.74, 6) is 0.0633. The smallest absolute Gasteiger partial charge is 0.321 e. The van der Waals surface area contributed by atoms with Gasteiger partial charge < -0.3 is 15.5 Å². The number of para-hydroxylation sites is 1. The first-order valence-corrected chi connectivity index (χ1v) is 7.60. The number of nitrogens with zero attached hydrogens (tertiary/aromatic N) is 1. The van der Waals surface area contributed by atoms with E-state index in [4.69, 9.17) is 0 Å². The largest absolute Gasteiger partial charge is 0.324 e. The number of benzene rings is 1. The zero-order valence-electron chi connectivity index (χ0n) is 12.7. The number of likely N-dealkylation sites (tertiary alicyclic amines) is 1. The van der Waals surface area contributed by atoms with Gasteiger partial charge in [0.1, 0.15) is 5.82 Å². The van der Waals surface area contributed by atoms with E-state index in [0.717, 1.165) is 32.5 Å². The van der Waals surface area contributed by atoms with Crippen LogP contribution in [0.3, 0.4) is 0 Å². The molecule has 2 rings (SSSR count). The van der Waals surface area contributed by atoms with Crippen LogP contribution in [-0.2, 0) is 0 Å². The highest BCUT2D eigenvalue weighted by molar-refractivity contribution is 5.89. The molecule has 1 unspecified atom stereocenters. The average molecular weight is 293 g/mol. The normalized spacial score (nSPS) is 18.9. The van der Waals surface area contributed by atoms with E-state index >= 15 is 0 Å². The van der Waals surface area contributed by atoms with Gasteiger partial charge in [0.2, 0.25) is 0 Å². The summed E-state index contributed by atoms with van der Waals surface area (Å²) in [4.78, 5) is 14.0. The molecule has 0 aliphatic carbocycles. The minimum Gasteiger partial charge on any atom is -0.324 e. The Balaban J connectivity index is 1.88. The predicted octanol–water partition coefficient (Wildman–Crippen LogP) is 3.07. The Morgan fingerprint density at radius 3 is 2.90 bits per heavy atom. The van der Waals surface area contributed by atoms with Crippen LogP contribution in [0.5, 0.6) is 0 Å². The van der Waals surface area contributed by atoms with Gasteiger partial charge in [0.25, 0.3) is 0 Å². The lowest BCUT2D eigenvalue weighted by Crippen LogP contribution is -2.45. The summed E-state index contributed by atoms with van der Waals surface area (Å²) >= 11 is 0. The van der Waals surface area contributed by atoms with Crippen molar-refractivity contribution >= 4 is 11.7 Å². The number of halogens is 1. The minimum atomic E-state index is -0.402. The maximum atomic E-state index is 13.6. The van der Waals surface area contributed by atoms with Crippen molar-refractivity contribution in [2.75, 3.05) is 25.0 Å². The zero-order valence-corrected chi connectivity index (χ0v) is 12.7. The molecule has 5 heteroatoms. The first-order valence-electron chi connectivity index (χ1n) is 7.60. The number of hydrogen-bond acceptors (Lipinski definition) is 2. The third-order valence-electron chi connectivity index (χ3n) is 3.74. The molecule has 2 amide bonds. The third-order valence-corrected chi connectivity index (χ3v) is 3.74. The Kier molecular flexibility index (Phi) is 5.56. The summed E-state index contributed by atoms with van der Waals surface area (Å²) < 4.78 is 13.6. The molecule has 4 nitrogen and oxygen atoms in total. The standard InChI is InChI=1S/C16H24FN3O/c1-12(2)18-10-13-6-5-9-20(11-13)16(21)19-15-8-4-3-7-14(15)17/h3-4,7-8,12-13,18H,5-6,9-11H2,1-2H3,(H,19,21). The fourth-order valence-corrected chi connectivity index (χ4v) is 2.58. The molecule has 0 spiro atoms. The molecule has 1 aromatic rings. The number of hydrogen-bond donors (Lipinski definition) is 2. The second kappa shape index (κ2) is 7.41. The zero-order chi connectivity index (χ0) is 15.2. The molecule has 1 saturated heterocycles. The van der Waals surface area contributed by atoms with Gasteiger partial charge in [-0.05, 0) is 37.4 Å². The quantitative estimate of drug-likeness (QED) is 0.896. The predicted molar refractivity (Wildman–Crippen MR) is 82.9 cm³/mol. The topological polar surface area (TPSA) is 44.4 Å². The lowest BCUT2D eigenvalue weighted by atomic mass is 9.98. The molecule has 1 atom stereocenters. The fourth-order valence-electron chi connectivity index (χ4n) is 2.58. The number of rotatable bonds is 4. The SMILES string of the molecule is CC(C)NCC1CCCN(C(=O)Nc2ccccc2F)C1. The molecule has 1 aliphatic heterocycles. The van der Waals surface area contributed by atoms with E-state index in [1.165, 1.54) is 6.07 Å². The minimum absolute atomic E-state index is 0.214. The summed E-state index contributed by atoms with van der Waals surface area (Å²) in [6.45, 7) is 6.61. The van der Waals surface area contributed by atoms with Gasteiger partial charge in [0.15, 0.2) is 0 Å². The van der Waals surface area contributed by atoms with Crippen LogP contribution in [0.15, 0.2) is 24.3 Å². The van der Waals surface area contributed by atoms with Crippen LogP contribution in [0.4, 0.5) is 14.9 Å². The first kappa shape index (κ1) is 15.8. The van der Waals surface area contributed by atoms with E-state index in [-0.39, 0.29) is 11.7 Å². The second-order valence-electron chi connectivity index (χ2n) is 5.93. The van der Waals surface area contributed by atoms with E-state index in [2.05, 4.69) is 24.5 Å². The molecule has 116 valence electrons. The van der Waals surface area contributed by atoms with E-state index in [0.29, 0.717) is 12.0 Å². The molecule has 2 N–H and O–H groups in total. The molecule has 21 heavy (non-hydrogen) atoms. The van der Waals surface area contributed by atoms with Gasteiger partial charge >= 0.3 is 6.03 Å². The van der Waals surface area contributed by atoms with E-state index in [1.807, 2.05) is 0 Å². The maximum absolute atomic E-state index is 13.6. The van der Waals surface area contributed by atoms with Crippen LogP contribution < -0.4 is 10.6 Å². The van der Waals surface area contributed by atoms with Crippen LogP contribution in [0, 0.1) is 11.7 Å². The van der Waals surface area contributed by atoms with Gasteiger partial charge in [-0.3, -0.25) is 0 Å². The van der Waals surface area contributed by atoms with Gasteiger partial charge in [0.05, 0.1) is 5.69 Å². The van der Waals surface area contributed by atoms with Crippen molar-refractivity contribution in [1.29, 1.82) is 0 Å². The molecule has 1 fully saturated rings. The number of piperidine rings is 1. The van der Waals surface area contributed by atoms with Gasteiger partial charge in [0, 0.05) is 19.1 Å². The first-order chi connectivity index (χ1) is 10.1. The van der Waals surface area contributed by atoms with Crippen molar-refractivity contribution in [3.8, 4) is 0 Å². The highest BCUT2D eigenvalue weighted by Gasteiger charge is 2.24. The summed E-state index contributed by atoms with van der Waals surface area (Å²) in [5.41, 5.74) is 0.241. The third kappa shape index (κ3) is 4.70. The summed E-state index contributed by atoms with van der Waals surface area (Å²) in [6.07, 6.45) is 2.12. The Hall–Kier alpha value is -1.62. The van der Waals surface area contributed by atoms with Gasteiger partial charge in [-0.1, -0.05) is 26.0 Å². The maximum Gasteiger partial charge on any atom is 0.321 e. The molecular weight excluding hydrogens is 269 g/mol. The second-order valence-corrected chi connectivity index (χ2v) is 5.93. The van der Waals surface area contributed by atoms with Crippen molar-refractivity contribution in [3.05, 3.63) is 30.1 Å². The molecule has 0 saturated carbocycles. The summed E-state index contributed by atoms with van der Waals surface area (Å²) in [6, 6.07) is 6.49. The van der Waals surface area contributed by atoms with Gasteiger partial charge in [-0.15, -0.1) is 0 Å². The van der Waals surface area contributed by atoms with E-state index in [9.17, 15) is 9.18 Å². The number of carbonyl (C=O) groups excluding carboxylic acids is 1. The van der Waals surface area contributed by atoms with Crippen molar-refractivity contribution in [3.63, 3.8) is 0 Å². The Labute approximate surface area is 125 Å². The Morgan fingerprint density at radius 1 is 1.43 bits per heavy atom. The molecule has 0 bridgehead atoms. The summed E-state index contributed by atoms with van der Waals surface area (Å²) in [5, 5.41) is 6.07. The van der Waals surface area contributed by atoms with Crippen LogP contribution in [-0.4, -0.2) is 36.6 Å². The lowest BCUT2D eigenvalue weighted by Gasteiger charge is -2.33.